The van der Waals surface area contributed by atoms with Crippen molar-refractivity contribution in [3.63, 3.8) is 0 Å². The highest BCUT2D eigenvalue weighted by atomic mass is 16.4. The summed E-state index contributed by atoms with van der Waals surface area (Å²) in [6.45, 7) is 0. The van der Waals surface area contributed by atoms with E-state index in [0.717, 1.165) is 16.8 Å². The van der Waals surface area contributed by atoms with E-state index in [9.17, 15) is 4.79 Å². The van der Waals surface area contributed by atoms with Crippen molar-refractivity contribution in [2.75, 3.05) is 12.4 Å². The zero-order chi connectivity index (χ0) is 16.0. The number of aromatic nitrogens is 3. The molecule has 2 atom stereocenters. The van der Waals surface area contributed by atoms with Crippen molar-refractivity contribution in [3.05, 3.63) is 42.2 Å². The van der Waals surface area contributed by atoms with Crippen molar-refractivity contribution in [2.45, 2.75) is 18.5 Å². The first-order chi connectivity index (χ1) is 11.1. The van der Waals surface area contributed by atoms with Crippen LogP contribution in [0.3, 0.4) is 0 Å². The minimum absolute atomic E-state index is 0.0878. The van der Waals surface area contributed by atoms with Crippen LogP contribution < -0.4 is 5.32 Å². The van der Waals surface area contributed by atoms with E-state index in [2.05, 4.69) is 15.4 Å². The molecule has 1 amide bonds. The lowest BCUT2D eigenvalue weighted by Gasteiger charge is -2.25. The van der Waals surface area contributed by atoms with Crippen LogP contribution in [0.2, 0.25) is 0 Å². The summed E-state index contributed by atoms with van der Waals surface area (Å²) in [5.74, 6) is 0.0878. The van der Waals surface area contributed by atoms with Crippen molar-refractivity contribution < 1.29 is 9.21 Å². The van der Waals surface area contributed by atoms with Crippen LogP contribution >= 0.6 is 0 Å². The van der Waals surface area contributed by atoms with Gasteiger partial charge in [0.25, 0.3) is 6.01 Å². The van der Waals surface area contributed by atoms with Gasteiger partial charge in [-0.1, -0.05) is 12.1 Å². The van der Waals surface area contributed by atoms with Gasteiger partial charge in [0, 0.05) is 26.7 Å². The molecule has 23 heavy (non-hydrogen) atoms. The molecule has 118 valence electrons. The van der Waals surface area contributed by atoms with Gasteiger partial charge in [0.1, 0.15) is 5.52 Å². The van der Waals surface area contributed by atoms with E-state index in [1.807, 2.05) is 44.4 Å². The van der Waals surface area contributed by atoms with Gasteiger partial charge in [-0.25, -0.2) is 0 Å². The molecule has 0 saturated carbocycles. The van der Waals surface area contributed by atoms with Crippen LogP contribution in [0, 0.1) is 0 Å². The zero-order valence-electron chi connectivity index (χ0n) is 12.9. The predicted octanol–water partition coefficient (Wildman–Crippen LogP) is 1.95. The fraction of sp³-hybridized carbons (Fsp3) is 0.312. The number of nitrogens with one attached hydrogen (secondary N) is 1. The van der Waals surface area contributed by atoms with E-state index in [1.54, 1.807) is 15.8 Å². The molecule has 1 saturated heterocycles. The van der Waals surface area contributed by atoms with Crippen LogP contribution in [-0.4, -0.2) is 38.7 Å². The van der Waals surface area contributed by atoms with Crippen LogP contribution in [0.25, 0.3) is 11.1 Å². The molecule has 0 spiro atoms. The molecule has 1 N–H and O–H groups in total. The van der Waals surface area contributed by atoms with Crippen molar-refractivity contribution in [1.82, 2.24) is 19.7 Å². The quantitative estimate of drug-likeness (QED) is 0.800. The minimum Gasteiger partial charge on any atom is -0.424 e. The summed E-state index contributed by atoms with van der Waals surface area (Å²) in [7, 11) is 3.69. The van der Waals surface area contributed by atoms with Gasteiger partial charge >= 0.3 is 0 Å². The van der Waals surface area contributed by atoms with E-state index in [1.165, 1.54) is 0 Å². The van der Waals surface area contributed by atoms with Gasteiger partial charge in [-0.2, -0.15) is 10.1 Å². The lowest BCUT2D eigenvalue weighted by atomic mass is 10.1. The number of carbonyl (C=O) groups excluding carboxylic acids is 1. The standard InChI is InChI=1S/C16H17N5O2/c1-20-14(22)9-11(15(20)12-7-8-17-21(12)2)19-16-18-10-5-3-4-6-13(10)23-16/h3-8,11,15H,9H2,1-2H3,(H,18,19)/t11-,15-/m1/s1. The highest BCUT2D eigenvalue weighted by Gasteiger charge is 2.40. The molecule has 1 aromatic carbocycles. The average molecular weight is 311 g/mol. The van der Waals surface area contributed by atoms with E-state index in [4.69, 9.17) is 4.42 Å². The maximum Gasteiger partial charge on any atom is 0.296 e. The van der Waals surface area contributed by atoms with E-state index >= 15 is 0 Å². The first kappa shape index (κ1) is 13.8. The highest BCUT2D eigenvalue weighted by molar-refractivity contribution is 5.81. The molecule has 0 aliphatic carbocycles. The monoisotopic (exact) mass is 311 g/mol. The van der Waals surface area contributed by atoms with Gasteiger partial charge in [-0.3, -0.25) is 9.48 Å². The van der Waals surface area contributed by atoms with Gasteiger partial charge in [-0.15, -0.1) is 0 Å². The number of likely N-dealkylation sites (tertiary alicyclic amines) is 1. The molecule has 0 unspecified atom stereocenters. The molecule has 1 aliphatic heterocycles. The third kappa shape index (κ3) is 2.25. The number of carbonyl (C=O) groups is 1. The van der Waals surface area contributed by atoms with Crippen molar-refractivity contribution in [3.8, 4) is 0 Å². The molecule has 4 rings (SSSR count). The number of nitrogens with zero attached hydrogens (tertiary/aromatic N) is 4. The van der Waals surface area contributed by atoms with E-state index < -0.39 is 0 Å². The summed E-state index contributed by atoms with van der Waals surface area (Å²) in [6, 6.07) is 9.74. The molecule has 3 heterocycles. The molecule has 2 aromatic heterocycles. The number of hydrogen-bond acceptors (Lipinski definition) is 5. The lowest BCUT2D eigenvalue weighted by Crippen LogP contribution is -2.31. The first-order valence-corrected chi connectivity index (χ1v) is 7.49. The Morgan fingerprint density at radius 2 is 2.09 bits per heavy atom. The zero-order valence-corrected chi connectivity index (χ0v) is 12.9. The van der Waals surface area contributed by atoms with Crippen molar-refractivity contribution >= 4 is 23.0 Å². The highest BCUT2D eigenvalue weighted by Crippen LogP contribution is 2.34. The number of fused-ring (bicyclic) bond motifs is 1. The van der Waals surface area contributed by atoms with E-state index in [-0.39, 0.29) is 18.0 Å². The Balaban J connectivity index is 1.66. The van der Waals surface area contributed by atoms with Crippen LogP contribution in [-0.2, 0) is 11.8 Å². The van der Waals surface area contributed by atoms with E-state index in [0.29, 0.717) is 12.4 Å². The van der Waals surface area contributed by atoms with Crippen LogP contribution in [0.1, 0.15) is 18.2 Å². The second kappa shape index (κ2) is 5.12. The normalized spacial score (nSPS) is 21.3. The van der Waals surface area contributed by atoms with Gasteiger partial charge in [-0.05, 0) is 18.2 Å². The van der Waals surface area contributed by atoms with Gasteiger partial charge in [0.2, 0.25) is 5.91 Å². The third-order valence-electron chi connectivity index (χ3n) is 4.35. The summed E-state index contributed by atoms with van der Waals surface area (Å²) in [4.78, 5) is 18.4. The Labute approximate surface area is 132 Å². The van der Waals surface area contributed by atoms with Crippen molar-refractivity contribution in [1.29, 1.82) is 0 Å². The molecule has 0 radical (unpaired) electrons. The third-order valence-corrected chi connectivity index (χ3v) is 4.35. The summed E-state index contributed by atoms with van der Waals surface area (Å²) in [5, 5.41) is 7.48. The smallest absolute Gasteiger partial charge is 0.296 e. The number of para-hydroxylation sites is 2. The lowest BCUT2D eigenvalue weighted by molar-refractivity contribution is -0.127. The molecule has 1 fully saturated rings. The average Bonchev–Trinajstić information content (AvgIpc) is 3.19. The topological polar surface area (TPSA) is 76.2 Å². The number of rotatable bonds is 3. The van der Waals surface area contributed by atoms with Crippen LogP contribution in [0.15, 0.2) is 40.9 Å². The summed E-state index contributed by atoms with van der Waals surface area (Å²) in [5.41, 5.74) is 2.50. The number of anilines is 1. The van der Waals surface area contributed by atoms with Crippen molar-refractivity contribution in [2.24, 2.45) is 7.05 Å². The maximum atomic E-state index is 12.2. The minimum atomic E-state index is -0.115. The Hall–Kier alpha value is -2.83. The Bertz CT molecular complexity index is 835. The Morgan fingerprint density at radius 1 is 1.26 bits per heavy atom. The van der Waals surface area contributed by atoms with Crippen LogP contribution in [0.5, 0.6) is 0 Å². The Kier molecular flexibility index (Phi) is 3.07. The first-order valence-electron chi connectivity index (χ1n) is 7.49. The fourth-order valence-corrected chi connectivity index (χ4v) is 3.17. The molecular formula is C16H17N5O2. The number of hydrogen-bond donors (Lipinski definition) is 1. The van der Waals surface area contributed by atoms with Gasteiger partial charge in [0.05, 0.1) is 17.8 Å². The summed E-state index contributed by atoms with van der Waals surface area (Å²) in [6.07, 6.45) is 2.13. The molecular weight excluding hydrogens is 294 g/mol. The maximum absolute atomic E-state index is 12.2. The predicted molar refractivity (Wildman–Crippen MR) is 84.8 cm³/mol. The summed E-state index contributed by atoms with van der Waals surface area (Å²) >= 11 is 0. The number of likely N-dealkylation sites (N-methyl/N-ethyl adjacent to an activating group) is 1. The number of amides is 1. The molecule has 3 aromatic rings. The largest absolute Gasteiger partial charge is 0.424 e. The molecule has 7 nitrogen and oxygen atoms in total. The molecule has 0 bridgehead atoms. The second-order valence-corrected chi connectivity index (χ2v) is 5.77. The summed E-state index contributed by atoms with van der Waals surface area (Å²) < 4.78 is 7.51. The second-order valence-electron chi connectivity index (χ2n) is 5.77. The van der Waals surface area contributed by atoms with Gasteiger partial charge in [0.15, 0.2) is 5.58 Å². The molecule has 7 heteroatoms. The van der Waals surface area contributed by atoms with Crippen LogP contribution in [0.4, 0.5) is 6.01 Å². The Morgan fingerprint density at radius 3 is 2.83 bits per heavy atom. The van der Waals surface area contributed by atoms with Gasteiger partial charge < -0.3 is 14.6 Å². The number of oxazole rings is 1. The fourth-order valence-electron chi connectivity index (χ4n) is 3.17. The number of benzene rings is 1. The SMILES string of the molecule is CN1C(=O)C[C@@H](Nc2nc3ccccc3o2)[C@@H]1c1ccnn1C. The molecule has 1 aliphatic rings. The number of aryl methyl sites for hydroxylation is 1.